The molecular weight excluding hydrogens is 394 g/mol. The first-order valence-electron chi connectivity index (χ1n) is 9.78. The van der Waals surface area contributed by atoms with Crippen LogP contribution in [-0.2, 0) is 4.74 Å². The Kier molecular flexibility index (Phi) is 5.01. The second kappa shape index (κ2) is 8.11. The summed E-state index contributed by atoms with van der Waals surface area (Å²) in [5, 5.41) is 10.8. The number of thiazole rings is 1. The van der Waals surface area contributed by atoms with Crippen LogP contribution < -0.4 is 4.90 Å². The van der Waals surface area contributed by atoms with Crippen molar-refractivity contribution in [2.45, 2.75) is 0 Å². The van der Waals surface area contributed by atoms with E-state index in [0.717, 1.165) is 45.4 Å². The molecule has 148 valence electrons. The van der Waals surface area contributed by atoms with Gasteiger partial charge in [-0.15, -0.1) is 0 Å². The van der Waals surface area contributed by atoms with Crippen molar-refractivity contribution in [2.24, 2.45) is 0 Å². The minimum Gasteiger partial charge on any atom is -0.378 e. The molecule has 1 saturated heterocycles. The predicted octanol–water partition coefficient (Wildman–Crippen LogP) is 4.59. The lowest BCUT2D eigenvalue weighted by Crippen LogP contribution is -2.36. The standard InChI is InChI=1S/C23H19N5OS/c24-15-17(22-25-18-8-4-5-9-19(18)26-22)14-20-21(16-6-2-1-3-7-16)27-23(30-20)28-10-12-29-13-11-28/h1-9,14H,10-13H2,(H,25,26)/b17-14-. The summed E-state index contributed by atoms with van der Waals surface area (Å²) in [5.41, 5.74) is 4.15. The van der Waals surface area contributed by atoms with Crippen molar-refractivity contribution in [3.05, 3.63) is 65.3 Å². The molecule has 0 radical (unpaired) electrons. The molecule has 3 heterocycles. The lowest BCUT2D eigenvalue weighted by Gasteiger charge is -2.26. The highest BCUT2D eigenvalue weighted by Crippen LogP contribution is 2.36. The summed E-state index contributed by atoms with van der Waals surface area (Å²) in [6, 6.07) is 20.2. The molecule has 1 aliphatic heterocycles. The number of ether oxygens (including phenoxy) is 1. The fourth-order valence-corrected chi connectivity index (χ4v) is 4.56. The summed E-state index contributed by atoms with van der Waals surface area (Å²) in [4.78, 5) is 16.0. The van der Waals surface area contributed by atoms with Crippen molar-refractivity contribution in [1.29, 1.82) is 5.26 Å². The van der Waals surface area contributed by atoms with Gasteiger partial charge >= 0.3 is 0 Å². The van der Waals surface area contributed by atoms with Gasteiger partial charge in [-0.25, -0.2) is 9.97 Å². The van der Waals surface area contributed by atoms with Crippen LogP contribution in [0.4, 0.5) is 5.13 Å². The van der Waals surface area contributed by atoms with Crippen molar-refractivity contribution in [3.63, 3.8) is 0 Å². The highest BCUT2D eigenvalue weighted by Gasteiger charge is 2.19. The zero-order valence-corrected chi connectivity index (χ0v) is 17.0. The first kappa shape index (κ1) is 18.6. The maximum absolute atomic E-state index is 9.86. The molecular formula is C23H19N5OS. The van der Waals surface area contributed by atoms with Crippen LogP contribution in [0, 0.1) is 11.3 Å². The lowest BCUT2D eigenvalue weighted by atomic mass is 10.1. The third-order valence-electron chi connectivity index (χ3n) is 5.01. The summed E-state index contributed by atoms with van der Waals surface area (Å²) in [5.74, 6) is 0.569. The molecule has 0 atom stereocenters. The van der Waals surface area contributed by atoms with Crippen molar-refractivity contribution in [1.82, 2.24) is 15.0 Å². The number of H-pyrrole nitrogens is 1. The molecule has 2 aromatic carbocycles. The Hall–Kier alpha value is -3.47. The highest BCUT2D eigenvalue weighted by atomic mass is 32.1. The van der Waals surface area contributed by atoms with E-state index in [1.54, 1.807) is 11.3 Å². The Morgan fingerprint density at radius 1 is 1.07 bits per heavy atom. The number of benzene rings is 2. The number of allylic oxidation sites excluding steroid dienone is 1. The zero-order valence-electron chi connectivity index (χ0n) is 16.2. The molecule has 4 aromatic rings. The largest absolute Gasteiger partial charge is 0.378 e. The second-order valence-electron chi connectivity index (χ2n) is 6.95. The molecule has 5 rings (SSSR count). The molecule has 2 aromatic heterocycles. The molecule has 0 amide bonds. The van der Waals surface area contributed by atoms with E-state index in [4.69, 9.17) is 9.72 Å². The minimum atomic E-state index is 0.487. The van der Waals surface area contributed by atoms with Gasteiger partial charge in [0.25, 0.3) is 0 Å². The van der Waals surface area contributed by atoms with Gasteiger partial charge in [-0.1, -0.05) is 53.8 Å². The minimum absolute atomic E-state index is 0.487. The molecule has 0 unspecified atom stereocenters. The Morgan fingerprint density at radius 2 is 1.83 bits per heavy atom. The smallest absolute Gasteiger partial charge is 0.186 e. The van der Waals surface area contributed by atoms with Crippen LogP contribution in [0.3, 0.4) is 0 Å². The van der Waals surface area contributed by atoms with Crippen LogP contribution in [0.2, 0.25) is 0 Å². The van der Waals surface area contributed by atoms with E-state index in [2.05, 4.69) is 20.9 Å². The van der Waals surface area contributed by atoms with Crippen molar-refractivity contribution < 1.29 is 4.74 Å². The van der Waals surface area contributed by atoms with Gasteiger partial charge in [0, 0.05) is 18.7 Å². The number of nitriles is 1. The number of nitrogens with zero attached hydrogens (tertiary/aromatic N) is 4. The van der Waals surface area contributed by atoms with E-state index in [9.17, 15) is 5.26 Å². The lowest BCUT2D eigenvalue weighted by molar-refractivity contribution is 0.122. The molecule has 0 aliphatic carbocycles. The second-order valence-corrected chi connectivity index (χ2v) is 7.96. The normalized spacial score (nSPS) is 14.8. The number of imidazole rings is 1. The Morgan fingerprint density at radius 3 is 2.60 bits per heavy atom. The molecule has 0 saturated carbocycles. The monoisotopic (exact) mass is 413 g/mol. The first-order chi connectivity index (χ1) is 14.8. The van der Waals surface area contributed by atoms with E-state index in [0.29, 0.717) is 24.6 Å². The zero-order chi connectivity index (χ0) is 20.3. The number of anilines is 1. The van der Waals surface area contributed by atoms with Crippen LogP contribution in [0.15, 0.2) is 54.6 Å². The number of morpholine rings is 1. The number of nitrogens with one attached hydrogen (secondary N) is 1. The maximum atomic E-state index is 9.86. The van der Waals surface area contributed by atoms with Gasteiger partial charge in [0.15, 0.2) is 5.13 Å². The predicted molar refractivity (Wildman–Crippen MR) is 120 cm³/mol. The molecule has 1 fully saturated rings. The molecule has 6 nitrogen and oxygen atoms in total. The fraction of sp³-hybridized carbons (Fsp3) is 0.174. The van der Waals surface area contributed by atoms with Gasteiger partial charge in [-0.05, 0) is 18.2 Å². The van der Waals surface area contributed by atoms with Gasteiger partial charge in [0.2, 0.25) is 0 Å². The summed E-state index contributed by atoms with van der Waals surface area (Å²) >= 11 is 1.60. The van der Waals surface area contributed by atoms with E-state index in [1.165, 1.54) is 0 Å². The molecule has 0 spiro atoms. The first-order valence-corrected chi connectivity index (χ1v) is 10.6. The topological polar surface area (TPSA) is 77.8 Å². The van der Waals surface area contributed by atoms with Gasteiger partial charge in [0.05, 0.1) is 40.4 Å². The van der Waals surface area contributed by atoms with Crippen molar-refractivity contribution in [3.8, 4) is 17.3 Å². The number of hydrogen-bond donors (Lipinski definition) is 1. The average Bonchev–Trinajstić information content (AvgIpc) is 3.43. The number of fused-ring (bicyclic) bond motifs is 1. The van der Waals surface area contributed by atoms with Crippen LogP contribution in [0.1, 0.15) is 10.7 Å². The third kappa shape index (κ3) is 3.59. The van der Waals surface area contributed by atoms with Gasteiger partial charge in [-0.3, -0.25) is 0 Å². The van der Waals surface area contributed by atoms with E-state index in [1.807, 2.05) is 60.7 Å². The Labute approximate surface area is 178 Å². The fourth-order valence-electron chi connectivity index (χ4n) is 3.48. The summed E-state index contributed by atoms with van der Waals surface area (Å²) in [7, 11) is 0. The molecule has 30 heavy (non-hydrogen) atoms. The summed E-state index contributed by atoms with van der Waals surface area (Å²) in [6.45, 7) is 3.04. The highest BCUT2D eigenvalue weighted by molar-refractivity contribution is 7.17. The van der Waals surface area contributed by atoms with Crippen molar-refractivity contribution in [2.75, 3.05) is 31.2 Å². The number of rotatable bonds is 4. The molecule has 1 aliphatic rings. The number of aromatic nitrogens is 3. The molecule has 7 heteroatoms. The van der Waals surface area contributed by atoms with E-state index >= 15 is 0 Å². The number of para-hydroxylation sites is 2. The SMILES string of the molecule is N#C/C(=C/c1sc(N2CCOCC2)nc1-c1ccccc1)c1nc2ccccc2[nH]1. The average molecular weight is 414 g/mol. The maximum Gasteiger partial charge on any atom is 0.186 e. The van der Waals surface area contributed by atoms with Crippen LogP contribution in [0.25, 0.3) is 33.9 Å². The molecule has 1 N–H and O–H groups in total. The summed E-state index contributed by atoms with van der Waals surface area (Å²) in [6.07, 6.45) is 1.89. The van der Waals surface area contributed by atoms with Crippen molar-refractivity contribution >= 4 is 39.2 Å². The Balaban J connectivity index is 1.60. The van der Waals surface area contributed by atoms with Crippen LogP contribution in [-0.4, -0.2) is 41.3 Å². The summed E-state index contributed by atoms with van der Waals surface area (Å²) < 4.78 is 5.48. The number of aromatic amines is 1. The number of hydrogen-bond acceptors (Lipinski definition) is 6. The van der Waals surface area contributed by atoms with E-state index < -0.39 is 0 Å². The van der Waals surface area contributed by atoms with Gasteiger partial charge < -0.3 is 14.6 Å². The van der Waals surface area contributed by atoms with E-state index in [-0.39, 0.29) is 0 Å². The van der Waals surface area contributed by atoms with Gasteiger partial charge in [-0.2, -0.15) is 5.26 Å². The van der Waals surface area contributed by atoms with Crippen LogP contribution in [0.5, 0.6) is 0 Å². The van der Waals surface area contributed by atoms with Gasteiger partial charge in [0.1, 0.15) is 11.9 Å². The van der Waals surface area contributed by atoms with Crippen LogP contribution >= 0.6 is 11.3 Å². The third-order valence-corrected chi connectivity index (χ3v) is 6.07. The molecule has 0 bridgehead atoms. The quantitative estimate of drug-likeness (QED) is 0.495. The Bertz CT molecular complexity index is 1210.